The normalized spacial score (nSPS) is 9.00. The van der Waals surface area contributed by atoms with Crippen LogP contribution in [-0.4, -0.2) is 6.61 Å². The molecule has 0 saturated carbocycles. The van der Waals surface area contributed by atoms with Gasteiger partial charge in [-0.2, -0.15) is 0 Å². The van der Waals surface area contributed by atoms with Crippen molar-refractivity contribution in [2.24, 2.45) is 0 Å². The molecule has 0 aromatic heterocycles. The summed E-state index contributed by atoms with van der Waals surface area (Å²) in [5.74, 6) is 0. The fourth-order valence-corrected chi connectivity index (χ4v) is 0.729. The Morgan fingerprint density at radius 3 is 2.67 bits per heavy atom. The quantitative estimate of drug-likeness (QED) is 0.354. The Morgan fingerprint density at radius 2 is 2.50 bits per heavy atom. The predicted octanol–water partition coefficient (Wildman–Crippen LogP) is -3.31. The minimum absolute atomic E-state index is 0.650. The highest BCUT2D eigenvalue weighted by Crippen LogP contribution is 1.65. The molecule has 0 saturated heterocycles. The van der Waals surface area contributed by atoms with Crippen LogP contribution in [0, 0.1) is 0 Å². The third kappa shape index (κ3) is 4.65. The van der Waals surface area contributed by atoms with Gasteiger partial charge in [0.2, 0.25) is 0 Å². The molecule has 6 heavy (non-hydrogen) atoms. The Labute approximate surface area is 48.9 Å². The van der Waals surface area contributed by atoms with E-state index in [1.165, 1.54) is 0 Å². The molecule has 0 radical (unpaired) electrons. The van der Waals surface area contributed by atoms with Crippen LogP contribution in [-0.2, 0) is 3.07 Å². The molecule has 0 aromatic rings. The van der Waals surface area contributed by atoms with E-state index in [9.17, 15) is 3.44 Å². The first-order valence-electron chi connectivity index (χ1n) is 1.80. The SMILES string of the molecule is CCCO[I+][O-]. The first kappa shape index (κ1) is 6.65. The second-order valence-corrected chi connectivity index (χ2v) is 1.86. The summed E-state index contributed by atoms with van der Waals surface area (Å²) in [4.78, 5) is 0. The Morgan fingerprint density at radius 1 is 1.83 bits per heavy atom. The van der Waals surface area contributed by atoms with Gasteiger partial charge in [0.15, 0.2) is 0 Å². The average molecular weight is 202 g/mol. The second-order valence-electron chi connectivity index (χ2n) is 0.876. The monoisotopic (exact) mass is 202 g/mol. The maximum atomic E-state index is 9.58. The van der Waals surface area contributed by atoms with Crippen LogP contribution in [0.2, 0.25) is 0 Å². The highest BCUT2D eigenvalue weighted by atomic mass is 127. The van der Waals surface area contributed by atoms with Crippen molar-refractivity contribution in [1.82, 2.24) is 0 Å². The van der Waals surface area contributed by atoms with Crippen molar-refractivity contribution >= 4 is 0 Å². The molecule has 0 spiro atoms. The lowest BCUT2D eigenvalue weighted by Crippen LogP contribution is -3.70. The van der Waals surface area contributed by atoms with E-state index in [1.807, 2.05) is 6.92 Å². The summed E-state index contributed by atoms with van der Waals surface area (Å²) in [6, 6.07) is 0. The maximum absolute atomic E-state index is 9.58. The first-order chi connectivity index (χ1) is 2.91. The van der Waals surface area contributed by atoms with Crippen LogP contribution in [0.5, 0.6) is 0 Å². The molecule has 0 amide bonds. The van der Waals surface area contributed by atoms with Gasteiger partial charge in [-0.3, -0.25) is 0 Å². The van der Waals surface area contributed by atoms with Gasteiger partial charge in [-0.1, -0.05) is 6.92 Å². The number of hydrogen-bond acceptors (Lipinski definition) is 2. The van der Waals surface area contributed by atoms with Gasteiger partial charge in [0, 0.05) is 0 Å². The van der Waals surface area contributed by atoms with E-state index in [-0.39, 0.29) is 0 Å². The molecule has 0 N–H and O–H groups in total. The second kappa shape index (κ2) is 5.65. The lowest BCUT2D eigenvalue weighted by atomic mass is 10.5. The molecule has 0 fully saturated rings. The molecular weight excluding hydrogens is 195 g/mol. The number of rotatable bonds is 3. The Hall–Kier alpha value is 0.650. The summed E-state index contributed by atoms with van der Waals surface area (Å²) in [7, 11) is 0. The minimum atomic E-state index is -1.15. The molecule has 0 atom stereocenters. The lowest BCUT2D eigenvalue weighted by molar-refractivity contribution is -1.27. The van der Waals surface area contributed by atoms with Crippen molar-refractivity contribution in [2.45, 2.75) is 13.3 Å². The molecule has 0 aromatic carbocycles. The van der Waals surface area contributed by atoms with Gasteiger partial charge in [-0.15, -0.1) is 3.07 Å². The fraction of sp³-hybridized carbons (Fsp3) is 1.00. The molecule has 2 nitrogen and oxygen atoms in total. The van der Waals surface area contributed by atoms with Crippen molar-refractivity contribution in [3.63, 3.8) is 0 Å². The minimum Gasteiger partial charge on any atom is -0.567 e. The molecular formula is C3H7IO2. The topological polar surface area (TPSA) is 32.3 Å². The van der Waals surface area contributed by atoms with Crippen molar-refractivity contribution in [1.29, 1.82) is 0 Å². The van der Waals surface area contributed by atoms with Crippen LogP contribution in [0.3, 0.4) is 0 Å². The molecule has 0 heterocycles. The zero-order chi connectivity index (χ0) is 4.83. The van der Waals surface area contributed by atoms with Gasteiger partial charge in [-0.05, 0) is 6.42 Å². The van der Waals surface area contributed by atoms with Crippen molar-refractivity contribution < 1.29 is 28.5 Å². The third-order valence-corrected chi connectivity index (χ3v) is 1.02. The van der Waals surface area contributed by atoms with Gasteiger partial charge >= 0.3 is 22.0 Å². The van der Waals surface area contributed by atoms with Gasteiger partial charge in [0.25, 0.3) is 0 Å². The van der Waals surface area contributed by atoms with Gasteiger partial charge in [0.1, 0.15) is 6.61 Å². The zero-order valence-corrected chi connectivity index (χ0v) is 5.77. The lowest BCUT2D eigenvalue weighted by Gasteiger charge is -1.79. The predicted molar refractivity (Wildman–Crippen MR) is 16.2 cm³/mol. The summed E-state index contributed by atoms with van der Waals surface area (Å²) >= 11 is -1.15. The van der Waals surface area contributed by atoms with E-state index in [0.29, 0.717) is 6.61 Å². The average Bonchev–Trinajstić information content (AvgIpc) is 1.61. The molecule has 0 aliphatic heterocycles. The van der Waals surface area contributed by atoms with Crippen molar-refractivity contribution in [2.75, 3.05) is 6.61 Å². The standard InChI is InChI=1S/C3H7IO2/c1-2-3-6-4-5/h2-3H2,1H3. The van der Waals surface area contributed by atoms with Crippen LogP contribution in [0.4, 0.5) is 0 Å². The van der Waals surface area contributed by atoms with E-state index in [0.717, 1.165) is 6.42 Å². The molecule has 0 aliphatic rings. The van der Waals surface area contributed by atoms with Gasteiger partial charge in [-0.25, -0.2) is 0 Å². The summed E-state index contributed by atoms with van der Waals surface area (Å²) in [5, 5.41) is 0. The highest BCUT2D eigenvalue weighted by Gasteiger charge is 1.85. The van der Waals surface area contributed by atoms with Gasteiger partial charge in [0.05, 0.1) is 0 Å². The van der Waals surface area contributed by atoms with Crippen LogP contribution in [0.15, 0.2) is 0 Å². The molecule has 3 heteroatoms. The van der Waals surface area contributed by atoms with Crippen molar-refractivity contribution in [3.05, 3.63) is 0 Å². The number of halogens is 1. The Bertz CT molecular complexity index is 20.8. The maximum Gasteiger partial charge on any atom is 0.452 e. The van der Waals surface area contributed by atoms with E-state index in [2.05, 4.69) is 3.07 Å². The molecule has 38 valence electrons. The Balaban J connectivity index is 2.34. The summed E-state index contributed by atoms with van der Waals surface area (Å²) in [6.07, 6.45) is 0.960. The first-order valence-corrected chi connectivity index (χ1v) is 3.57. The summed E-state index contributed by atoms with van der Waals surface area (Å²) < 4.78 is 14.1. The molecule has 0 aliphatic carbocycles. The number of hydrogen-bond donors (Lipinski definition) is 0. The zero-order valence-electron chi connectivity index (χ0n) is 3.61. The van der Waals surface area contributed by atoms with Crippen LogP contribution in [0.1, 0.15) is 13.3 Å². The molecule has 0 bridgehead atoms. The van der Waals surface area contributed by atoms with Crippen LogP contribution >= 0.6 is 0 Å². The van der Waals surface area contributed by atoms with Crippen LogP contribution in [0.25, 0.3) is 0 Å². The van der Waals surface area contributed by atoms with E-state index in [4.69, 9.17) is 0 Å². The third-order valence-electron chi connectivity index (χ3n) is 0.326. The molecule has 0 rings (SSSR count). The smallest absolute Gasteiger partial charge is 0.452 e. The fourth-order valence-electron chi connectivity index (χ4n) is 0.109. The Kier molecular flexibility index (Phi) is 6.26. The van der Waals surface area contributed by atoms with E-state index in [1.54, 1.807) is 0 Å². The largest absolute Gasteiger partial charge is 0.567 e. The highest BCUT2D eigenvalue weighted by molar-refractivity contribution is 4.12. The van der Waals surface area contributed by atoms with Crippen LogP contribution < -0.4 is 25.5 Å². The summed E-state index contributed by atoms with van der Waals surface area (Å²) in [6.45, 7) is 2.64. The summed E-state index contributed by atoms with van der Waals surface area (Å²) in [5.41, 5.74) is 0. The van der Waals surface area contributed by atoms with E-state index < -0.39 is 22.0 Å². The van der Waals surface area contributed by atoms with Gasteiger partial charge < -0.3 is 3.44 Å². The van der Waals surface area contributed by atoms with E-state index >= 15 is 0 Å². The van der Waals surface area contributed by atoms with Crippen molar-refractivity contribution in [3.8, 4) is 0 Å². The molecule has 0 unspecified atom stereocenters.